The largest absolute Gasteiger partial charge is 0.462 e. The van der Waals surface area contributed by atoms with Gasteiger partial charge in [0.1, 0.15) is 16.9 Å². The topological polar surface area (TPSA) is 52.3 Å². The molecule has 0 bridgehead atoms. The van der Waals surface area contributed by atoms with Gasteiger partial charge in [0.05, 0.1) is 12.3 Å². The minimum atomic E-state index is -0.352. The summed E-state index contributed by atoms with van der Waals surface area (Å²) in [6.07, 6.45) is 5.64. The molecule has 2 heterocycles. The van der Waals surface area contributed by atoms with Gasteiger partial charge in [-0.15, -0.1) is 0 Å². The van der Waals surface area contributed by atoms with Crippen LogP contribution in [0.4, 0.5) is 0 Å². The van der Waals surface area contributed by atoms with Crippen molar-refractivity contribution in [1.29, 1.82) is 0 Å². The number of fused-ring (bicyclic) bond motifs is 1. The molecule has 0 saturated heterocycles. The maximum absolute atomic E-state index is 12.1. The van der Waals surface area contributed by atoms with Crippen LogP contribution in [0.25, 0.3) is 23.1 Å². The molecule has 1 aromatic carbocycles. The van der Waals surface area contributed by atoms with E-state index in [0.29, 0.717) is 23.5 Å². The molecule has 0 aliphatic rings. The summed E-state index contributed by atoms with van der Waals surface area (Å²) in [6.45, 7) is 3.90. The van der Waals surface area contributed by atoms with E-state index in [0.717, 1.165) is 16.6 Å². The van der Waals surface area contributed by atoms with E-state index in [-0.39, 0.29) is 5.97 Å². The van der Waals surface area contributed by atoms with Crippen molar-refractivity contribution in [2.75, 3.05) is 6.61 Å². The summed E-state index contributed by atoms with van der Waals surface area (Å²) < 4.78 is 10.8. The summed E-state index contributed by atoms with van der Waals surface area (Å²) in [7, 11) is 0. The molecule has 0 N–H and O–H groups in total. The molecular formula is C19H17NO3. The molecular weight excluding hydrogens is 290 g/mol. The van der Waals surface area contributed by atoms with E-state index >= 15 is 0 Å². The van der Waals surface area contributed by atoms with Gasteiger partial charge in [0.25, 0.3) is 0 Å². The van der Waals surface area contributed by atoms with Gasteiger partial charge in [-0.2, -0.15) is 0 Å². The predicted octanol–water partition coefficient (Wildman–Crippen LogP) is 4.48. The average Bonchev–Trinajstić information content (AvgIpc) is 2.89. The summed E-state index contributed by atoms with van der Waals surface area (Å²) in [5, 5.41) is 0.768. The van der Waals surface area contributed by atoms with Crippen LogP contribution in [0.5, 0.6) is 0 Å². The number of aryl methyl sites for hydroxylation is 1. The number of nitrogens with zero attached hydrogens (tertiary/aromatic N) is 1. The van der Waals surface area contributed by atoms with Crippen molar-refractivity contribution in [3.8, 4) is 0 Å². The number of esters is 1. The van der Waals surface area contributed by atoms with E-state index in [4.69, 9.17) is 9.15 Å². The Bertz CT molecular complexity index is 863. The van der Waals surface area contributed by atoms with E-state index in [1.807, 2.05) is 48.6 Å². The molecule has 0 aliphatic heterocycles. The zero-order chi connectivity index (χ0) is 16.2. The molecule has 4 heteroatoms. The van der Waals surface area contributed by atoms with Crippen molar-refractivity contribution in [3.05, 3.63) is 65.2 Å². The number of hydrogen-bond acceptors (Lipinski definition) is 4. The first kappa shape index (κ1) is 15.0. The van der Waals surface area contributed by atoms with Crippen molar-refractivity contribution in [2.45, 2.75) is 13.8 Å². The lowest BCUT2D eigenvalue weighted by molar-refractivity contribution is 0.0526. The average molecular weight is 307 g/mol. The van der Waals surface area contributed by atoms with Crippen molar-refractivity contribution in [1.82, 2.24) is 4.98 Å². The quantitative estimate of drug-likeness (QED) is 0.667. The molecule has 3 aromatic rings. The third-order valence-electron chi connectivity index (χ3n) is 3.50. The molecule has 0 aliphatic carbocycles. The van der Waals surface area contributed by atoms with Crippen LogP contribution in [0.15, 0.2) is 47.0 Å². The maximum atomic E-state index is 12.1. The lowest BCUT2D eigenvalue weighted by Crippen LogP contribution is -2.05. The third kappa shape index (κ3) is 3.16. The maximum Gasteiger partial charge on any atom is 0.342 e. The van der Waals surface area contributed by atoms with Gasteiger partial charge in [0.15, 0.2) is 0 Å². The standard InChI is InChI=1S/C19H17NO3/c1-3-22-19(21)18-13(2)23-17-10-8-14(12-16(17)18)7-9-15-6-4-5-11-20-15/h4-12H,3H2,1-2H3/b9-7+. The molecule has 23 heavy (non-hydrogen) atoms. The summed E-state index contributed by atoms with van der Waals surface area (Å²) in [6, 6.07) is 11.5. The van der Waals surface area contributed by atoms with E-state index in [1.165, 1.54) is 0 Å². The molecule has 0 spiro atoms. The number of aromatic nitrogens is 1. The van der Waals surface area contributed by atoms with Gasteiger partial charge in [-0.3, -0.25) is 4.98 Å². The summed E-state index contributed by atoms with van der Waals surface area (Å²) in [4.78, 5) is 16.4. The number of hydrogen-bond donors (Lipinski definition) is 0. The number of pyridine rings is 1. The molecule has 3 rings (SSSR count). The summed E-state index contributed by atoms with van der Waals surface area (Å²) in [5.41, 5.74) is 3.02. The second-order valence-electron chi connectivity index (χ2n) is 5.10. The van der Waals surface area contributed by atoms with Crippen LogP contribution in [0, 0.1) is 6.92 Å². The van der Waals surface area contributed by atoms with Gasteiger partial charge in [-0.05, 0) is 49.8 Å². The molecule has 0 atom stereocenters. The minimum Gasteiger partial charge on any atom is -0.462 e. The van der Waals surface area contributed by atoms with Crippen LogP contribution < -0.4 is 0 Å². The fourth-order valence-corrected chi connectivity index (χ4v) is 2.45. The first-order chi connectivity index (χ1) is 11.2. The van der Waals surface area contributed by atoms with Crippen LogP contribution in [0.1, 0.15) is 34.3 Å². The van der Waals surface area contributed by atoms with Crippen LogP contribution in [0.2, 0.25) is 0 Å². The predicted molar refractivity (Wildman–Crippen MR) is 90.1 cm³/mol. The molecule has 0 fully saturated rings. The summed E-state index contributed by atoms with van der Waals surface area (Å²) >= 11 is 0. The Kier molecular flexibility index (Phi) is 4.24. The normalized spacial score (nSPS) is 11.2. The molecule has 116 valence electrons. The SMILES string of the molecule is CCOC(=O)c1c(C)oc2ccc(/C=C/c3ccccn3)cc12. The highest BCUT2D eigenvalue weighted by atomic mass is 16.5. The molecule has 0 radical (unpaired) electrons. The highest BCUT2D eigenvalue weighted by Crippen LogP contribution is 2.27. The number of carbonyl (C=O) groups is 1. The Hall–Kier alpha value is -2.88. The smallest absolute Gasteiger partial charge is 0.342 e. The Morgan fingerprint density at radius 3 is 2.87 bits per heavy atom. The summed E-state index contributed by atoms with van der Waals surface area (Å²) in [5.74, 6) is 0.221. The van der Waals surface area contributed by atoms with Crippen LogP contribution in [-0.4, -0.2) is 17.6 Å². The zero-order valence-corrected chi connectivity index (χ0v) is 13.1. The Morgan fingerprint density at radius 2 is 2.13 bits per heavy atom. The Morgan fingerprint density at radius 1 is 1.26 bits per heavy atom. The number of benzene rings is 1. The Labute approximate surface area is 134 Å². The number of furan rings is 1. The molecule has 0 unspecified atom stereocenters. The van der Waals surface area contributed by atoms with Crippen molar-refractivity contribution in [2.24, 2.45) is 0 Å². The highest BCUT2D eigenvalue weighted by molar-refractivity contribution is 6.05. The number of rotatable bonds is 4. The number of ether oxygens (including phenoxy) is 1. The van der Waals surface area contributed by atoms with Gasteiger partial charge in [-0.25, -0.2) is 4.79 Å². The van der Waals surface area contributed by atoms with Gasteiger partial charge >= 0.3 is 5.97 Å². The monoisotopic (exact) mass is 307 g/mol. The van der Waals surface area contributed by atoms with Crippen molar-refractivity contribution in [3.63, 3.8) is 0 Å². The van der Waals surface area contributed by atoms with E-state index in [2.05, 4.69) is 4.98 Å². The molecule has 4 nitrogen and oxygen atoms in total. The zero-order valence-electron chi connectivity index (χ0n) is 13.1. The van der Waals surface area contributed by atoms with Crippen LogP contribution >= 0.6 is 0 Å². The first-order valence-electron chi connectivity index (χ1n) is 7.48. The Balaban J connectivity index is 1.99. The van der Waals surface area contributed by atoms with Crippen molar-refractivity contribution >= 4 is 29.1 Å². The molecule has 0 amide bonds. The lowest BCUT2D eigenvalue weighted by Gasteiger charge is -2.01. The van der Waals surface area contributed by atoms with Gasteiger partial charge in [0, 0.05) is 11.6 Å². The van der Waals surface area contributed by atoms with E-state index in [9.17, 15) is 4.79 Å². The first-order valence-corrected chi connectivity index (χ1v) is 7.48. The van der Waals surface area contributed by atoms with E-state index in [1.54, 1.807) is 20.0 Å². The highest BCUT2D eigenvalue weighted by Gasteiger charge is 2.19. The van der Waals surface area contributed by atoms with Crippen LogP contribution in [-0.2, 0) is 4.74 Å². The minimum absolute atomic E-state index is 0.338. The second-order valence-corrected chi connectivity index (χ2v) is 5.10. The number of carbonyl (C=O) groups excluding carboxylic acids is 1. The van der Waals surface area contributed by atoms with Gasteiger partial charge in [0.2, 0.25) is 0 Å². The fraction of sp³-hybridized carbons (Fsp3) is 0.158. The molecule has 2 aromatic heterocycles. The van der Waals surface area contributed by atoms with E-state index < -0.39 is 0 Å². The molecule has 0 saturated carbocycles. The fourth-order valence-electron chi connectivity index (χ4n) is 2.45. The third-order valence-corrected chi connectivity index (χ3v) is 3.50. The lowest BCUT2D eigenvalue weighted by atomic mass is 10.1. The van der Waals surface area contributed by atoms with Gasteiger partial charge < -0.3 is 9.15 Å². The van der Waals surface area contributed by atoms with Crippen LogP contribution in [0.3, 0.4) is 0 Å². The van der Waals surface area contributed by atoms with Gasteiger partial charge in [-0.1, -0.05) is 18.2 Å². The second kappa shape index (κ2) is 6.48. The van der Waals surface area contributed by atoms with Crippen molar-refractivity contribution < 1.29 is 13.9 Å².